The predicted octanol–water partition coefficient (Wildman–Crippen LogP) is 5.50. The van der Waals surface area contributed by atoms with E-state index < -0.39 is 29.3 Å². The molecule has 1 atom stereocenters. The van der Waals surface area contributed by atoms with Crippen molar-refractivity contribution >= 4 is 23.1 Å². The molecule has 8 heteroatoms. The third-order valence-corrected chi connectivity index (χ3v) is 5.97. The molecule has 1 unspecified atom stereocenters. The molecule has 192 valence electrons. The fraction of sp³-hybridized carbons (Fsp3) is 0.241. The number of aliphatic hydroxyl groups excluding tert-OH is 1. The number of hydrogen-bond acceptors (Lipinski definition) is 6. The number of nitrogens with zero attached hydrogens (tertiary/aromatic N) is 1. The fourth-order valence-corrected chi connectivity index (χ4v) is 4.20. The Morgan fingerprint density at radius 1 is 0.973 bits per heavy atom. The van der Waals surface area contributed by atoms with Crippen LogP contribution in [0.3, 0.4) is 0 Å². The van der Waals surface area contributed by atoms with Gasteiger partial charge in [-0.25, -0.2) is 4.39 Å². The molecule has 0 spiro atoms. The monoisotopic (exact) mass is 505 g/mol. The summed E-state index contributed by atoms with van der Waals surface area (Å²) < 4.78 is 30.5. The number of ether oxygens (including phenoxy) is 3. The highest BCUT2D eigenvalue weighted by molar-refractivity contribution is 6.51. The van der Waals surface area contributed by atoms with E-state index in [9.17, 15) is 19.1 Å². The molecule has 1 N–H and O–H groups in total. The van der Waals surface area contributed by atoms with Crippen molar-refractivity contribution in [2.45, 2.75) is 19.9 Å². The van der Waals surface area contributed by atoms with E-state index in [-0.39, 0.29) is 16.9 Å². The van der Waals surface area contributed by atoms with Gasteiger partial charge in [-0.15, -0.1) is 0 Å². The Morgan fingerprint density at radius 2 is 1.70 bits per heavy atom. The number of benzene rings is 3. The maximum Gasteiger partial charge on any atom is 0.300 e. The highest BCUT2D eigenvalue weighted by Gasteiger charge is 2.47. The molecule has 0 saturated carbocycles. The minimum absolute atomic E-state index is 0.0363. The lowest BCUT2D eigenvalue weighted by Gasteiger charge is -2.26. The SMILES string of the molecule is COc1cccc(C2/C(=C(\O)c3cc(F)ccc3OC)C(=O)C(=O)N2c2ccc(OCC(C)C)cc2)c1. The molecule has 0 aromatic heterocycles. The standard InChI is InChI=1S/C29H28FNO6/c1-17(2)16-37-21-11-9-20(10-12-21)31-26(18-6-5-7-22(14-18)35-3)25(28(33)29(31)34)27(32)23-15-19(30)8-13-24(23)36-4/h5-15,17,26,32H,16H2,1-4H3/b27-25+. The zero-order chi connectivity index (χ0) is 26.7. The molecule has 1 aliphatic rings. The number of hydrogen-bond donors (Lipinski definition) is 1. The Labute approximate surface area is 214 Å². The fourth-order valence-electron chi connectivity index (χ4n) is 4.20. The maximum atomic E-state index is 14.1. The Morgan fingerprint density at radius 3 is 2.35 bits per heavy atom. The number of methoxy groups -OCH3 is 2. The van der Waals surface area contributed by atoms with Crippen molar-refractivity contribution < 1.29 is 33.3 Å². The van der Waals surface area contributed by atoms with Crippen LogP contribution >= 0.6 is 0 Å². The van der Waals surface area contributed by atoms with E-state index in [1.807, 2.05) is 13.8 Å². The highest BCUT2D eigenvalue weighted by atomic mass is 19.1. The van der Waals surface area contributed by atoms with Gasteiger partial charge in [-0.3, -0.25) is 14.5 Å². The minimum atomic E-state index is -1.01. The molecule has 1 heterocycles. The van der Waals surface area contributed by atoms with Gasteiger partial charge in [0.1, 0.15) is 28.8 Å². The van der Waals surface area contributed by atoms with Gasteiger partial charge in [-0.2, -0.15) is 0 Å². The number of ketones is 1. The van der Waals surface area contributed by atoms with E-state index >= 15 is 0 Å². The first-order valence-corrected chi connectivity index (χ1v) is 11.8. The van der Waals surface area contributed by atoms with Crippen LogP contribution in [0.4, 0.5) is 10.1 Å². The van der Waals surface area contributed by atoms with Gasteiger partial charge in [-0.05, 0) is 66.1 Å². The van der Waals surface area contributed by atoms with Gasteiger partial charge in [0.15, 0.2) is 0 Å². The van der Waals surface area contributed by atoms with Crippen LogP contribution in [0.25, 0.3) is 5.76 Å². The van der Waals surface area contributed by atoms with Crippen LogP contribution in [0.2, 0.25) is 0 Å². The van der Waals surface area contributed by atoms with Crippen molar-refractivity contribution in [3.8, 4) is 17.2 Å². The topological polar surface area (TPSA) is 85.3 Å². The Bertz CT molecular complexity index is 1350. The summed E-state index contributed by atoms with van der Waals surface area (Å²) in [6, 6.07) is 16.2. The Balaban J connectivity index is 1.88. The molecule has 0 aliphatic carbocycles. The second-order valence-corrected chi connectivity index (χ2v) is 8.99. The zero-order valence-corrected chi connectivity index (χ0v) is 21.0. The summed E-state index contributed by atoms with van der Waals surface area (Å²) in [5, 5.41) is 11.3. The molecular weight excluding hydrogens is 477 g/mol. The number of carbonyl (C=O) groups excluding carboxylic acids is 2. The van der Waals surface area contributed by atoms with Gasteiger partial charge >= 0.3 is 0 Å². The number of rotatable bonds is 8. The first-order valence-electron chi connectivity index (χ1n) is 11.8. The first-order chi connectivity index (χ1) is 17.7. The van der Waals surface area contributed by atoms with Gasteiger partial charge in [0.25, 0.3) is 11.7 Å². The van der Waals surface area contributed by atoms with E-state index in [0.717, 1.165) is 6.07 Å². The van der Waals surface area contributed by atoms with Crippen molar-refractivity contribution in [2.75, 3.05) is 25.7 Å². The molecule has 3 aromatic carbocycles. The number of Topliss-reactive ketones (excluding diaryl/α,β-unsaturated/α-hetero) is 1. The van der Waals surface area contributed by atoms with Gasteiger partial charge in [0.2, 0.25) is 0 Å². The number of anilines is 1. The van der Waals surface area contributed by atoms with E-state index in [1.54, 1.807) is 48.5 Å². The summed E-state index contributed by atoms with van der Waals surface area (Å²) in [5.74, 6) is -1.29. The quantitative estimate of drug-likeness (QED) is 0.247. The van der Waals surface area contributed by atoms with Crippen LogP contribution in [-0.2, 0) is 9.59 Å². The summed E-state index contributed by atoms with van der Waals surface area (Å²) in [6.45, 7) is 4.61. The third-order valence-electron chi connectivity index (χ3n) is 5.97. The smallest absolute Gasteiger partial charge is 0.300 e. The van der Waals surface area contributed by atoms with Crippen molar-refractivity contribution in [3.05, 3.63) is 89.2 Å². The van der Waals surface area contributed by atoms with Crippen LogP contribution in [0, 0.1) is 11.7 Å². The van der Waals surface area contributed by atoms with E-state index in [2.05, 4.69) is 0 Å². The lowest BCUT2D eigenvalue weighted by Crippen LogP contribution is -2.29. The molecule has 0 bridgehead atoms. The number of aliphatic hydroxyl groups is 1. The minimum Gasteiger partial charge on any atom is -0.507 e. The first kappa shape index (κ1) is 25.8. The molecule has 1 saturated heterocycles. The van der Waals surface area contributed by atoms with Gasteiger partial charge in [-0.1, -0.05) is 26.0 Å². The van der Waals surface area contributed by atoms with E-state index in [4.69, 9.17) is 14.2 Å². The molecule has 1 aliphatic heterocycles. The number of carbonyl (C=O) groups is 2. The normalized spacial score (nSPS) is 16.8. The van der Waals surface area contributed by atoms with Gasteiger partial charge in [0.05, 0.1) is 38.0 Å². The maximum absolute atomic E-state index is 14.1. The van der Waals surface area contributed by atoms with Crippen LogP contribution in [-0.4, -0.2) is 37.6 Å². The molecule has 4 rings (SSSR count). The Kier molecular flexibility index (Phi) is 7.47. The predicted molar refractivity (Wildman–Crippen MR) is 138 cm³/mol. The van der Waals surface area contributed by atoms with Crippen molar-refractivity contribution in [2.24, 2.45) is 5.92 Å². The van der Waals surface area contributed by atoms with Gasteiger partial charge in [0, 0.05) is 5.69 Å². The lowest BCUT2D eigenvalue weighted by atomic mass is 9.94. The van der Waals surface area contributed by atoms with Crippen LogP contribution in [0.1, 0.15) is 31.0 Å². The second-order valence-electron chi connectivity index (χ2n) is 8.99. The summed E-state index contributed by atoms with van der Waals surface area (Å²) >= 11 is 0. The summed E-state index contributed by atoms with van der Waals surface area (Å²) in [6.07, 6.45) is 0. The number of amides is 1. The molecule has 1 fully saturated rings. The molecule has 3 aromatic rings. The molecule has 1 amide bonds. The summed E-state index contributed by atoms with van der Waals surface area (Å²) in [4.78, 5) is 28.1. The van der Waals surface area contributed by atoms with Crippen LogP contribution < -0.4 is 19.1 Å². The second kappa shape index (κ2) is 10.7. The van der Waals surface area contributed by atoms with Gasteiger partial charge < -0.3 is 19.3 Å². The number of halogens is 1. The van der Waals surface area contributed by atoms with Crippen molar-refractivity contribution in [1.29, 1.82) is 0 Å². The van der Waals surface area contributed by atoms with E-state index in [0.29, 0.717) is 35.3 Å². The molecule has 0 radical (unpaired) electrons. The van der Waals surface area contributed by atoms with Crippen molar-refractivity contribution in [1.82, 2.24) is 0 Å². The average molecular weight is 506 g/mol. The Hall–Kier alpha value is -4.33. The lowest BCUT2D eigenvalue weighted by molar-refractivity contribution is -0.132. The van der Waals surface area contributed by atoms with Crippen LogP contribution in [0.5, 0.6) is 17.2 Å². The average Bonchev–Trinajstić information content (AvgIpc) is 3.17. The zero-order valence-electron chi connectivity index (χ0n) is 21.0. The molecule has 7 nitrogen and oxygen atoms in total. The highest BCUT2D eigenvalue weighted by Crippen LogP contribution is 2.44. The summed E-state index contributed by atoms with van der Waals surface area (Å²) in [7, 11) is 2.87. The molecule has 37 heavy (non-hydrogen) atoms. The van der Waals surface area contributed by atoms with E-state index in [1.165, 1.54) is 31.3 Å². The van der Waals surface area contributed by atoms with Crippen molar-refractivity contribution in [3.63, 3.8) is 0 Å². The molecular formula is C29H28FNO6. The van der Waals surface area contributed by atoms with Crippen LogP contribution in [0.15, 0.2) is 72.3 Å². The summed E-state index contributed by atoms with van der Waals surface area (Å²) in [5.41, 5.74) is 0.723. The third kappa shape index (κ3) is 5.14. The largest absolute Gasteiger partial charge is 0.507 e.